The molecule has 9 heteroatoms. The molecule has 1 aliphatic heterocycles. The molecule has 4 heterocycles. The van der Waals surface area contributed by atoms with Crippen LogP contribution in [0.15, 0.2) is 87.7 Å². The van der Waals surface area contributed by atoms with Gasteiger partial charge in [-0.15, -0.1) is 0 Å². The fraction of sp³-hybridized carbons (Fsp3) is 0.100. The Kier molecular flexibility index (Phi) is 7.81. The van der Waals surface area contributed by atoms with Gasteiger partial charge < -0.3 is 19.3 Å². The summed E-state index contributed by atoms with van der Waals surface area (Å²) < 4.78 is 10.5. The highest BCUT2D eigenvalue weighted by molar-refractivity contribution is 6.51. The van der Waals surface area contributed by atoms with Crippen molar-refractivity contribution in [3.8, 4) is 11.5 Å². The number of fused-ring (bicyclic) bond motifs is 2. The molecule has 0 fully saturated rings. The van der Waals surface area contributed by atoms with Crippen molar-refractivity contribution in [1.82, 2.24) is 4.98 Å². The van der Waals surface area contributed by atoms with Crippen LogP contribution in [0, 0.1) is 13.8 Å². The number of aromatic carboxylic acids is 1. The molecular weight excluding hydrogens is 500 g/mol. The average molecular weight is 525 g/mol. The number of para-hydroxylation sites is 2. The number of carbonyl (C=O) groups is 4. The van der Waals surface area contributed by atoms with Crippen molar-refractivity contribution < 1.29 is 33.1 Å². The summed E-state index contributed by atoms with van der Waals surface area (Å²) in [5, 5.41) is 12.4. The number of carboxylic acid groups (broad SMARTS) is 1. The van der Waals surface area contributed by atoms with E-state index < -0.39 is 17.7 Å². The molecule has 2 aromatic carbocycles. The van der Waals surface area contributed by atoms with E-state index in [0.29, 0.717) is 39.4 Å². The lowest BCUT2D eigenvalue weighted by molar-refractivity contribution is -0.112. The highest BCUT2D eigenvalue weighted by Gasteiger charge is 2.26. The molecular formula is C30H24N2O7. The molecule has 0 radical (unpaired) electrons. The van der Waals surface area contributed by atoms with Crippen molar-refractivity contribution in [2.45, 2.75) is 20.8 Å². The van der Waals surface area contributed by atoms with E-state index in [9.17, 15) is 24.3 Å². The predicted octanol–water partition coefficient (Wildman–Crippen LogP) is 6.11. The van der Waals surface area contributed by atoms with Crippen molar-refractivity contribution in [1.29, 1.82) is 0 Å². The molecule has 2 N–H and O–H groups in total. The third-order valence-corrected chi connectivity index (χ3v) is 5.65. The minimum Gasteiger partial charge on any atom is -0.478 e. The SMILES string of the molecule is CC(=O)c1ccc(C)o1.Cc1ccc(-c2cc(C(=O)O)c3ccccc3n2)o1.O=C1Nc2ccccc2C1=O. The number of carboxylic acids is 1. The number of ketones is 2. The van der Waals surface area contributed by atoms with Crippen LogP contribution in [0.25, 0.3) is 22.4 Å². The summed E-state index contributed by atoms with van der Waals surface area (Å²) in [5.41, 5.74) is 2.49. The van der Waals surface area contributed by atoms with Crippen molar-refractivity contribution in [2.75, 3.05) is 5.32 Å². The van der Waals surface area contributed by atoms with Crippen molar-refractivity contribution in [2.24, 2.45) is 0 Å². The maximum Gasteiger partial charge on any atom is 0.336 e. The first-order chi connectivity index (χ1) is 18.6. The quantitative estimate of drug-likeness (QED) is 0.213. The van der Waals surface area contributed by atoms with E-state index in [2.05, 4.69) is 10.3 Å². The Hall–Kier alpha value is -5.31. The summed E-state index contributed by atoms with van der Waals surface area (Å²) in [7, 11) is 0. The maximum atomic E-state index is 11.3. The van der Waals surface area contributed by atoms with Gasteiger partial charge in [-0.05, 0) is 62.4 Å². The minimum absolute atomic E-state index is 0.0249. The normalized spacial score (nSPS) is 11.6. The Bertz CT molecular complexity index is 1710. The number of hydrogen-bond donors (Lipinski definition) is 2. The average Bonchev–Trinajstić information content (AvgIpc) is 3.63. The molecule has 5 aromatic rings. The largest absolute Gasteiger partial charge is 0.478 e. The first-order valence-corrected chi connectivity index (χ1v) is 11.9. The highest BCUT2D eigenvalue weighted by atomic mass is 16.4. The molecule has 39 heavy (non-hydrogen) atoms. The number of nitrogens with one attached hydrogen (secondary N) is 1. The van der Waals surface area contributed by atoms with Gasteiger partial charge in [0.25, 0.3) is 11.7 Å². The molecule has 196 valence electrons. The van der Waals surface area contributed by atoms with Gasteiger partial charge in [0.2, 0.25) is 0 Å². The molecule has 0 unspecified atom stereocenters. The van der Waals surface area contributed by atoms with Crippen LogP contribution in [0.4, 0.5) is 5.69 Å². The number of aryl methyl sites for hydroxylation is 2. The standard InChI is InChI=1S/C15H11NO3.C8H5NO2.C7H8O2/c1-9-6-7-14(19-9)13-8-11(15(17)18)10-4-2-3-5-12(10)16-13;10-7-5-3-1-2-4-6(5)9-8(7)11;1-5-3-4-7(9-5)6(2)8/h2-8H,1H3,(H,17,18);1-4H,(H,9,10,11);3-4H,1-2H3. The summed E-state index contributed by atoms with van der Waals surface area (Å²) in [6.45, 7) is 5.13. The topological polar surface area (TPSA) is 140 Å². The zero-order valence-corrected chi connectivity index (χ0v) is 21.3. The Labute approximate surface area is 223 Å². The maximum absolute atomic E-state index is 11.3. The fourth-order valence-electron chi connectivity index (χ4n) is 3.77. The van der Waals surface area contributed by atoms with Crippen molar-refractivity contribution in [3.05, 3.63) is 107 Å². The lowest BCUT2D eigenvalue weighted by Crippen LogP contribution is -2.12. The molecule has 9 nitrogen and oxygen atoms in total. The molecule has 0 bridgehead atoms. The van der Waals surface area contributed by atoms with Crippen molar-refractivity contribution >= 4 is 40.0 Å². The predicted molar refractivity (Wildman–Crippen MR) is 144 cm³/mol. The summed E-state index contributed by atoms with van der Waals surface area (Å²) in [6, 6.07) is 22.6. The van der Waals surface area contributed by atoms with E-state index in [4.69, 9.17) is 8.83 Å². The fourth-order valence-corrected chi connectivity index (χ4v) is 3.77. The lowest BCUT2D eigenvalue weighted by atomic mass is 10.1. The van der Waals surface area contributed by atoms with Gasteiger partial charge in [0.05, 0.1) is 22.3 Å². The van der Waals surface area contributed by atoms with Gasteiger partial charge in [-0.2, -0.15) is 0 Å². The molecule has 3 aromatic heterocycles. The van der Waals surface area contributed by atoms with E-state index >= 15 is 0 Å². The summed E-state index contributed by atoms with van der Waals surface area (Å²) in [4.78, 5) is 48.1. The number of anilines is 1. The zero-order valence-electron chi connectivity index (χ0n) is 21.3. The second-order valence-electron chi connectivity index (χ2n) is 8.58. The number of carbonyl (C=O) groups excluding carboxylic acids is 3. The van der Waals surface area contributed by atoms with Crippen LogP contribution in [0.2, 0.25) is 0 Å². The van der Waals surface area contributed by atoms with E-state index in [-0.39, 0.29) is 11.3 Å². The molecule has 0 atom stereocenters. The summed E-state index contributed by atoms with van der Waals surface area (Å²) in [6.07, 6.45) is 0. The molecule has 1 aliphatic rings. The number of hydrogen-bond acceptors (Lipinski definition) is 7. The highest BCUT2D eigenvalue weighted by Crippen LogP contribution is 2.26. The first kappa shape index (κ1) is 26.7. The van der Waals surface area contributed by atoms with Gasteiger partial charge in [-0.3, -0.25) is 14.4 Å². The molecule has 0 saturated heterocycles. The monoisotopic (exact) mass is 524 g/mol. The number of nitrogens with zero attached hydrogens (tertiary/aromatic N) is 1. The number of pyridine rings is 1. The number of rotatable bonds is 3. The van der Waals surface area contributed by atoms with Gasteiger partial charge in [-0.1, -0.05) is 30.3 Å². The first-order valence-electron chi connectivity index (χ1n) is 11.9. The Balaban J connectivity index is 0.000000149. The van der Waals surface area contributed by atoms with Crippen LogP contribution < -0.4 is 5.32 Å². The van der Waals surface area contributed by atoms with Crippen LogP contribution in [0.1, 0.15) is 49.7 Å². The lowest BCUT2D eigenvalue weighted by Gasteiger charge is -2.04. The molecule has 0 spiro atoms. The van der Waals surface area contributed by atoms with Crippen LogP contribution in [0.5, 0.6) is 0 Å². The van der Waals surface area contributed by atoms with Crippen LogP contribution in [-0.4, -0.2) is 33.5 Å². The second-order valence-corrected chi connectivity index (χ2v) is 8.58. The third kappa shape index (κ3) is 6.16. The Morgan fingerprint density at radius 3 is 2.10 bits per heavy atom. The van der Waals surface area contributed by atoms with Gasteiger partial charge >= 0.3 is 5.97 Å². The van der Waals surface area contributed by atoms with Crippen LogP contribution in [-0.2, 0) is 4.79 Å². The van der Waals surface area contributed by atoms with Crippen LogP contribution in [0.3, 0.4) is 0 Å². The van der Waals surface area contributed by atoms with Gasteiger partial charge in [-0.25, -0.2) is 9.78 Å². The second kappa shape index (κ2) is 11.4. The molecule has 0 aliphatic carbocycles. The van der Waals surface area contributed by atoms with E-state index in [0.717, 1.165) is 11.5 Å². The smallest absolute Gasteiger partial charge is 0.336 e. The van der Waals surface area contributed by atoms with E-state index in [1.54, 1.807) is 66.7 Å². The number of Topliss-reactive ketones (excluding diaryl/α,β-unsaturated/α-hetero) is 2. The van der Waals surface area contributed by atoms with Crippen molar-refractivity contribution in [3.63, 3.8) is 0 Å². The van der Waals surface area contributed by atoms with Gasteiger partial charge in [0.1, 0.15) is 17.2 Å². The zero-order chi connectivity index (χ0) is 28.1. The third-order valence-electron chi connectivity index (χ3n) is 5.65. The number of amides is 1. The molecule has 1 amide bonds. The number of aromatic nitrogens is 1. The van der Waals surface area contributed by atoms with Gasteiger partial charge in [0, 0.05) is 12.3 Å². The number of benzene rings is 2. The summed E-state index contributed by atoms with van der Waals surface area (Å²) >= 11 is 0. The van der Waals surface area contributed by atoms with E-state index in [1.807, 2.05) is 26.0 Å². The Morgan fingerprint density at radius 2 is 1.51 bits per heavy atom. The van der Waals surface area contributed by atoms with Gasteiger partial charge in [0.15, 0.2) is 17.3 Å². The molecule has 6 rings (SSSR count). The number of furan rings is 2. The summed E-state index contributed by atoms with van der Waals surface area (Å²) in [5.74, 6) is 0.582. The van der Waals surface area contributed by atoms with E-state index in [1.165, 1.54) is 6.92 Å². The molecule has 0 saturated carbocycles. The Morgan fingerprint density at radius 1 is 0.846 bits per heavy atom. The minimum atomic E-state index is -0.969. The van der Waals surface area contributed by atoms with Crippen LogP contribution >= 0.6 is 0 Å².